The summed E-state index contributed by atoms with van der Waals surface area (Å²) in [5.41, 5.74) is 1.36. The van der Waals surface area contributed by atoms with E-state index in [0.29, 0.717) is 47.9 Å². The van der Waals surface area contributed by atoms with Crippen LogP contribution < -0.4 is 0 Å². The highest BCUT2D eigenvalue weighted by Crippen LogP contribution is 2.28. The number of fused-ring (bicyclic) bond motifs is 1. The van der Waals surface area contributed by atoms with Gasteiger partial charge in [-0.25, -0.2) is 4.39 Å². The van der Waals surface area contributed by atoms with Crippen LogP contribution >= 0.6 is 0 Å². The van der Waals surface area contributed by atoms with Gasteiger partial charge >= 0.3 is 0 Å². The summed E-state index contributed by atoms with van der Waals surface area (Å²) >= 11 is 0. The Hall–Kier alpha value is -3.88. The van der Waals surface area contributed by atoms with Gasteiger partial charge in [-0.15, -0.1) is 0 Å². The summed E-state index contributed by atoms with van der Waals surface area (Å²) in [6, 6.07) is 12.7. The Morgan fingerprint density at radius 3 is 2.59 bits per heavy atom. The summed E-state index contributed by atoms with van der Waals surface area (Å²) in [5, 5.41) is 3.97. The molecule has 0 radical (unpaired) electrons. The molecule has 0 aliphatic carbocycles. The number of imide groups is 1. The number of benzene rings is 2. The molecule has 34 heavy (non-hydrogen) atoms. The van der Waals surface area contributed by atoms with Crippen LogP contribution in [0.5, 0.6) is 0 Å². The number of carbonyl (C=O) groups is 3. The topological polar surface area (TPSA) is 96.6 Å². The van der Waals surface area contributed by atoms with E-state index in [1.165, 1.54) is 17.0 Å². The minimum Gasteiger partial charge on any atom is -0.342 e. The molecule has 0 N–H and O–H groups in total. The van der Waals surface area contributed by atoms with Crippen molar-refractivity contribution in [3.63, 3.8) is 0 Å². The highest BCUT2D eigenvalue weighted by atomic mass is 19.1. The Labute approximate surface area is 195 Å². The number of amides is 3. The number of nitrogens with zero attached hydrogens (tertiary/aromatic N) is 4. The highest BCUT2D eigenvalue weighted by molar-refractivity contribution is 6.21. The second-order valence-electron chi connectivity index (χ2n) is 8.56. The smallest absolute Gasteiger partial charge is 0.261 e. The number of carbonyl (C=O) groups excluding carboxylic acids is 3. The normalized spacial score (nSPS) is 17.9. The van der Waals surface area contributed by atoms with E-state index >= 15 is 0 Å². The largest absolute Gasteiger partial charge is 0.342 e. The Morgan fingerprint density at radius 1 is 1.09 bits per heavy atom. The third-order valence-corrected chi connectivity index (χ3v) is 6.30. The van der Waals surface area contributed by atoms with Gasteiger partial charge in [0.1, 0.15) is 5.82 Å². The molecule has 3 heterocycles. The maximum atomic E-state index is 13.5. The molecule has 9 heteroatoms. The van der Waals surface area contributed by atoms with Crippen molar-refractivity contribution in [2.45, 2.75) is 31.6 Å². The number of rotatable bonds is 6. The standard InChI is InChI=1S/C25H23FN4O4/c26-18-8-3-6-16(14-18)22-27-23(34-28-22)17-7-4-12-29(15-17)21(31)11-5-13-30-24(32)19-9-1-2-10-20(19)25(30)33/h1-3,6,8-10,14,17H,4-5,7,11-13,15H2. The fraction of sp³-hybridized carbons (Fsp3) is 0.320. The number of likely N-dealkylation sites (tertiary alicyclic amines) is 1. The first-order chi connectivity index (χ1) is 16.5. The molecule has 1 atom stereocenters. The lowest BCUT2D eigenvalue weighted by Crippen LogP contribution is -2.39. The lowest BCUT2D eigenvalue weighted by atomic mass is 9.97. The molecule has 1 fully saturated rings. The molecule has 8 nitrogen and oxygen atoms in total. The van der Waals surface area contributed by atoms with Crippen LogP contribution in [0.3, 0.4) is 0 Å². The SMILES string of the molecule is O=C(CCCN1C(=O)c2ccccc2C1=O)N1CCCC(c2nc(-c3cccc(F)c3)no2)C1. The van der Waals surface area contributed by atoms with Gasteiger partial charge in [-0.3, -0.25) is 19.3 Å². The molecule has 0 bridgehead atoms. The van der Waals surface area contributed by atoms with Gasteiger partial charge < -0.3 is 9.42 Å². The van der Waals surface area contributed by atoms with E-state index in [1.807, 2.05) is 0 Å². The molecule has 1 aromatic heterocycles. The first-order valence-corrected chi connectivity index (χ1v) is 11.3. The van der Waals surface area contributed by atoms with E-state index in [4.69, 9.17) is 4.52 Å². The lowest BCUT2D eigenvalue weighted by Gasteiger charge is -2.31. The number of hydrogen-bond donors (Lipinski definition) is 0. The Kier molecular flexibility index (Phi) is 5.91. The minimum absolute atomic E-state index is 0.0359. The summed E-state index contributed by atoms with van der Waals surface area (Å²) in [6.07, 6.45) is 2.24. The molecule has 3 amide bonds. The Balaban J connectivity index is 1.16. The molecule has 2 aliphatic heterocycles. The quantitative estimate of drug-likeness (QED) is 0.519. The van der Waals surface area contributed by atoms with E-state index in [2.05, 4.69) is 10.1 Å². The maximum absolute atomic E-state index is 13.5. The molecule has 0 saturated carbocycles. The number of piperidine rings is 1. The van der Waals surface area contributed by atoms with Crippen LogP contribution in [0.1, 0.15) is 58.2 Å². The third kappa shape index (κ3) is 4.21. The van der Waals surface area contributed by atoms with Crippen LogP contribution in [-0.2, 0) is 4.79 Å². The van der Waals surface area contributed by atoms with Crippen LogP contribution in [0.15, 0.2) is 53.1 Å². The fourth-order valence-electron chi connectivity index (χ4n) is 4.54. The summed E-state index contributed by atoms with van der Waals surface area (Å²) in [4.78, 5) is 45.2. The molecule has 0 spiro atoms. The van der Waals surface area contributed by atoms with Crippen molar-refractivity contribution in [2.75, 3.05) is 19.6 Å². The molecule has 2 aromatic carbocycles. The highest BCUT2D eigenvalue weighted by Gasteiger charge is 2.35. The molecular formula is C25H23FN4O4. The Morgan fingerprint density at radius 2 is 1.85 bits per heavy atom. The van der Waals surface area contributed by atoms with Crippen LogP contribution in [-0.4, -0.2) is 57.3 Å². The van der Waals surface area contributed by atoms with Crippen molar-refractivity contribution < 1.29 is 23.3 Å². The van der Waals surface area contributed by atoms with Crippen LogP contribution in [0.25, 0.3) is 11.4 Å². The van der Waals surface area contributed by atoms with E-state index in [1.54, 1.807) is 41.3 Å². The zero-order valence-electron chi connectivity index (χ0n) is 18.4. The van der Waals surface area contributed by atoms with Crippen LogP contribution in [0.4, 0.5) is 4.39 Å². The predicted octanol–water partition coefficient (Wildman–Crippen LogP) is 3.66. The van der Waals surface area contributed by atoms with Crippen molar-refractivity contribution in [2.24, 2.45) is 0 Å². The number of halogens is 1. The first kappa shape index (κ1) is 21.9. The number of aromatic nitrogens is 2. The Bertz CT molecular complexity index is 1220. The molecular weight excluding hydrogens is 439 g/mol. The van der Waals surface area contributed by atoms with Gasteiger partial charge in [-0.2, -0.15) is 4.98 Å². The molecule has 1 saturated heterocycles. The average molecular weight is 462 g/mol. The molecule has 2 aliphatic rings. The van der Waals surface area contributed by atoms with Gasteiger partial charge in [-0.1, -0.05) is 29.4 Å². The summed E-state index contributed by atoms with van der Waals surface area (Å²) in [6.45, 7) is 1.29. The second-order valence-corrected chi connectivity index (χ2v) is 8.56. The van der Waals surface area contributed by atoms with Gasteiger partial charge in [-0.05, 0) is 43.5 Å². The predicted molar refractivity (Wildman–Crippen MR) is 119 cm³/mol. The minimum atomic E-state index is -0.375. The van der Waals surface area contributed by atoms with Crippen LogP contribution in [0.2, 0.25) is 0 Å². The molecule has 174 valence electrons. The van der Waals surface area contributed by atoms with Gasteiger partial charge in [0.05, 0.1) is 17.0 Å². The molecule has 3 aromatic rings. The lowest BCUT2D eigenvalue weighted by molar-refractivity contribution is -0.132. The first-order valence-electron chi connectivity index (χ1n) is 11.3. The zero-order valence-corrected chi connectivity index (χ0v) is 18.4. The molecule has 5 rings (SSSR count). The fourth-order valence-corrected chi connectivity index (χ4v) is 4.54. The van der Waals surface area contributed by atoms with E-state index in [-0.39, 0.29) is 42.4 Å². The van der Waals surface area contributed by atoms with Crippen molar-refractivity contribution in [1.82, 2.24) is 19.9 Å². The monoisotopic (exact) mass is 462 g/mol. The van der Waals surface area contributed by atoms with E-state index < -0.39 is 0 Å². The van der Waals surface area contributed by atoms with E-state index in [0.717, 1.165) is 12.8 Å². The van der Waals surface area contributed by atoms with Crippen molar-refractivity contribution in [3.8, 4) is 11.4 Å². The average Bonchev–Trinajstić information content (AvgIpc) is 3.44. The van der Waals surface area contributed by atoms with Gasteiger partial charge in [0.2, 0.25) is 17.6 Å². The second kappa shape index (κ2) is 9.17. The summed E-state index contributed by atoms with van der Waals surface area (Å²) in [5.74, 6) is -0.371. The van der Waals surface area contributed by atoms with Gasteiger partial charge in [0.25, 0.3) is 11.8 Å². The van der Waals surface area contributed by atoms with Crippen molar-refractivity contribution in [1.29, 1.82) is 0 Å². The van der Waals surface area contributed by atoms with Gasteiger partial charge in [0, 0.05) is 31.6 Å². The number of hydrogen-bond acceptors (Lipinski definition) is 6. The van der Waals surface area contributed by atoms with Crippen molar-refractivity contribution in [3.05, 3.63) is 71.4 Å². The summed E-state index contributed by atoms with van der Waals surface area (Å²) in [7, 11) is 0. The van der Waals surface area contributed by atoms with Crippen molar-refractivity contribution >= 4 is 17.7 Å². The molecule has 1 unspecified atom stereocenters. The van der Waals surface area contributed by atoms with Crippen LogP contribution in [0, 0.1) is 5.82 Å². The zero-order chi connectivity index (χ0) is 23.7. The van der Waals surface area contributed by atoms with Gasteiger partial charge in [0.15, 0.2) is 0 Å². The third-order valence-electron chi connectivity index (χ3n) is 6.30. The van der Waals surface area contributed by atoms with E-state index in [9.17, 15) is 18.8 Å². The maximum Gasteiger partial charge on any atom is 0.261 e. The summed E-state index contributed by atoms with van der Waals surface area (Å²) < 4.78 is 18.9.